The molecule has 0 spiro atoms. The van der Waals surface area contributed by atoms with Crippen LogP contribution in [0.5, 0.6) is 5.75 Å². The smallest absolute Gasteiger partial charge is 0.308 e. The zero-order valence-electron chi connectivity index (χ0n) is 8.14. The van der Waals surface area contributed by atoms with Crippen molar-refractivity contribution in [3.63, 3.8) is 0 Å². The van der Waals surface area contributed by atoms with Gasteiger partial charge in [-0.15, -0.1) is 0 Å². The maximum atomic E-state index is 10.8. The SMILES string of the molecule is CC(=O)Oc1csnc1-c1ccccc1. The first kappa shape index (κ1) is 9.86. The Labute approximate surface area is 91.5 Å². The molecule has 2 aromatic rings. The number of aromatic nitrogens is 1. The highest BCUT2D eigenvalue weighted by Crippen LogP contribution is 2.30. The highest BCUT2D eigenvalue weighted by molar-refractivity contribution is 7.04. The van der Waals surface area contributed by atoms with Crippen molar-refractivity contribution >= 4 is 17.5 Å². The Morgan fingerprint density at radius 3 is 2.73 bits per heavy atom. The monoisotopic (exact) mass is 219 g/mol. The van der Waals surface area contributed by atoms with Gasteiger partial charge in [-0.05, 0) is 11.5 Å². The van der Waals surface area contributed by atoms with Crippen molar-refractivity contribution in [2.45, 2.75) is 6.92 Å². The minimum atomic E-state index is -0.326. The number of hydrogen-bond donors (Lipinski definition) is 0. The van der Waals surface area contributed by atoms with Gasteiger partial charge in [0.15, 0.2) is 5.75 Å². The second-order valence-corrected chi connectivity index (χ2v) is 3.62. The van der Waals surface area contributed by atoms with Gasteiger partial charge >= 0.3 is 5.97 Å². The van der Waals surface area contributed by atoms with E-state index in [2.05, 4.69) is 4.37 Å². The Kier molecular flexibility index (Phi) is 2.78. The lowest BCUT2D eigenvalue weighted by Gasteiger charge is -2.01. The molecule has 76 valence electrons. The van der Waals surface area contributed by atoms with E-state index in [0.717, 1.165) is 11.3 Å². The van der Waals surface area contributed by atoms with E-state index in [1.165, 1.54) is 18.5 Å². The van der Waals surface area contributed by atoms with Crippen LogP contribution in [0, 0.1) is 0 Å². The van der Waals surface area contributed by atoms with Crippen LogP contribution >= 0.6 is 11.5 Å². The van der Waals surface area contributed by atoms with Crippen LogP contribution in [-0.2, 0) is 4.79 Å². The molecular weight excluding hydrogens is 210 g/mol. The molecule has 0 radical (unpaired) electrons. The van der Waals surface area contributed by atoms with E-state index >= 15 is 0 Å². The maximum absolute atomic E-state index is 10.8. The summed E-state index contributed by atoms with van der Waals surface area (Å²) in [6.45, 7) is 1.38. The summed E-state index contributed by atoms with van der Waals surface area (Å²) >= 11 is 1.28. The third kappa shape index (κ3) is 2.22. The molecule has 4 heteroatoms. The molecule has 0 fully saturated rings. The quantitative estimate of drug-likeness (QED) is 0.729. The van der Waals surface area contributed by atoms with E-state index in [-0.39, 0.29) is 5.97 Å². The van der Waals surface area contributed by atoms with E-state index in [0.29, 0.717) is 5.75 Å². The van der Waals surface area contributed by atoms with Crippen molar-refractivity contribution in [1.29, 1.82) is 0 Å². The zero-order chi connectivity index (χ0) is 10.7. The number of benzene rings is 1. The Morgan fingerprint density at radius 2 is 2.07 bits per heavy atom. The van der Waals surface area contributed by atoms with Crippen molar-refractivity contribution in [2.75, 3.05) is 0 Å². The molecular formula is C11H9NO2S. The summed E-state index contributed by atoms with van der Waals surface area (Å²) in [4.78, 5) is 10.8. The Balaban J connectivity index is 2.37. The lowest BCUT2D eigenvalue weighted by molar-refractivity contribution is -0.131. The topological polar surface area (TPSA) is 39.2 Å². The van der Waals surface area contributed by atoms with Crippen molar-refractivity contribution in [2.24, 2.45) is 0 Å². The molecule has 0 atom stereocenters. The van der Waals surface area contributed by atoms with Crippen LogP contribution in [0.15, 0.2) is 35.7 Å². The molecule has 0 N–H and O–H groups in total. The summed E-state index contributed by atoms with van der Waals surface area (Å²) in [5.41, 5.74) is 1.67. The van der Waals surface area contributed by atoms with Crippen LogP contribution in [-0.4, -0.2) is 10.3 Å². The first-order valence-corrected chi connectivity index (χ1v) is 5.29. The van der Waals surface area contributed by atoms with Gasteiger partial charge in [0.05, 0.1) is 5.38 Å². The molecule has 1 heterocycles. The van der Waals surface area contributed by atoms with E-state index in [9.17, 15) is 4.79 Å². The average molecular weight is 219 g/mol. The number of hydrogen-bond acceptors (Lipinski definition) is 4. The van der Waals surface area contributed by atoms with Crippen molar-refractivity contribution in [3.05, 3.63) is 35.7 Å². The predicted octanol–water partition coefficient (Wildman–Crippen LogP) is 2.74. The summed E-state index contributed by atoms with van der Waals surface area (Å²) in [7, 11) is 0. The van der Waals surface area contributed by atoms with Crippen LogP contribution in [0.2, 0.25) is 0 Å². The van der Waals surface area contributed by atoms with E-state index in [1.54, 1.807) is 5.38 Å². The number of ether oxygens (including phenoxy) is 1. The third-order valence-electron chi connectivity index (χ3n) is 1.84. The number of esters is 1. The lowest BCUT2D eigenvalue weighted by Crippen LogP contribution is -2.01. The fourth-order valence-corrected chi connectivity index (χ4v) is 1.85. The highest BCUT2D eigenvalue weighted by Gasteiger charge is 2.10. The largest absolute Gasteiger partial charge is 0.423 e. The molecule has 3 nitrogen and oxygen atoms in total. The fraction of sp³-hybridized carbons (Fsp3) is 0.0909. The molecule has 0 saturated heterocycles. The minimum Gasteiger partial charge on any atom is -0.423 e. The zero-order valence-corrected chi connectivity index (χ0v) is 8.95. The van der Waals surface area contributed by atoms with Gasteiger partial charge in [0.2, 0.25) is 0 Å². The molecule has 0 unspecified atom stereocenters. The Morgan fingerprint density at radius 1 is 1.33 bits per heavy atom. The van der Waals surface area contributed by atoms with Crippen LogP contribution < -0.4 is 4.74 Å². The molecule has 0 saturated carbocycles. The molecule has 0 amide bonds. The maximum Gasteiger partial charge on any atom is 0.308 e. The Bertz CT molecular complexity index is 464. The second kappa shape index (κ2) is 4.23. The van der Waals surface area contributed by atoms with Gasteiger partial charge < -0.3 is 4.74 Å². The summed E-state index contributed by atoms with van der Waals surface area (Å²) in [5, 5.41) is 1.73. The van der Waals surface area contributed by atoms with Gasteiger partial charge in [0.25, 0.3) is 0 Å². The predicted molar refractivity (Wildman–Crippen MR) is 58.9 cm³/mol. The van der Waals surface area contributed by atoms with Crippen LogP contribution in [0.3, 0.4) is 0 Å². The number of carbonyl (C=O) groups is 1. The van der Waals surface area contributed by atoms with E-state index in [4.69, 9.17) is 4.74 Å². The van der Waals surface area contributed by atoms with Gasteiger partial charge in [0, 0.05) is 12.5 Å². The van der Waals surface area contributed by atoms with Crippen molar-refractivity contribution in [1.82, 2.24) is 4.37 Å². The number of nitrogens with zero attached hydrogens (tertiary/aromatic N) is 1. The highest BCUT2D eigenvalue weighted by atomic mass is 32.1. The fourth-order valence-electron chi connectivity index (χ4n) is 1.25. The van der Waals surface area contributed by atoms with Gasteiger partial charge in [-0.3, -0.25) is 4.79 Å². The normalized spacial score (nSPS) is 9.93. The van der Waals surface area contributed by atoms with Crippen LogP contribution in [0.25, 0.3) is 11.3 Å². The number of carbonyl (C=O) groups excluding carboxylic acids is 1. The first-order chi connectivity index (χ1) is 7.27. The standard InChI is InChI=1S/C11H9NO2S/c1-8(13)14-10-7-15-12-11(10)9-5-3-2-4-6-9/h2-7H,1H3. The molecule has 0 aliphatic carbocycles. The van der Waals surface area contributed by atoms with Crippen LogP contribution in [0.4, 0.5) is 0 Å². The summed E-state index contributed by atoms with van der Waals surface area (Å²) < 4.78 is 9.25. The van der Waals surface area contributed by atoms with Gasteiger partial charge in [-0.2, -0.15) is 4.37 Å². The molecule has 0 aliphatic heterocycles. The molecule has 15 heavy (non-hydrogen) atoms. The van der Waals surface area contributed by atoms with Gasteiger partial charge in [-0.25, -0.2) is 0 Å². The van der Waals surface area contributed by atoms with Crippen molar-refractivity contribution in [3.8, 4) is 17.0 Å². The number of rotatable bonds is 2. The van der Waals surface area contributed by atoms with E-state index < -0.39 is 0 Å². The van der Waals surface area contributed by atoms with Crippen LogP contribution in [0.1, 0.15) is 6.92 Å². The van der Waals surface area contributed by atoms with Gasteiger partial charge in [0.1, 0.15) is 5.69 Å². The second-order valence-electron chi connectivity index (χ2n) is 2.99. The third-order valence-corrected chi connectivity index (χ3v) is 2.45. The molecule has 1 aromatic carbocycles. The molecule has 1 aromatic heterocycles. The summed E-state index contributed by atoms with van der Waals surface area (Å²) in [6, 6.07) is 9.64. The molecule has 2 rings (SSSR count). The minimum absolute atomic E-state index is 0.326. The lowest BCUT2D eigenvalue weighted by atomic mass is 10.1. The summed E-state index contributed by atoms with van der Waals surface area (Å²) in [5.74, 6) is 0.200. The van der Waals surface area contributed by atoms with Gasteiger partial charge in [-0.1, -0.05) is 30.3 Å². The molecule has 0 bridgehead atoms. The molecule has 0 aliphatic rings. The summed E-state index contributed by atoms with van der Waals surface area (Å²) in [6.07, 6.45) is 0. The Hall–Kier alpha value is -1.68. The van der Waals surface area contributed by atoms with Crippen molar-refractivity contribution < 1.29 is 9.53 Å². The first-order valence-electron chi connectivity index (χ1n) is 4.45. The average Bonchev–Trinajstić information content (AvgIpc) is 2.66. The van der Waals surface area contributed by atoms with E-state index in [1.807, 2.05) is 30.3 Å².